The zero-order valence-electron chi connectivity index (χ0n) is 30.9. The van der Waals surface area contributed by atoms with Gasteiger partial charge in [0.05, 0.1) is 11.6 Å². The van der Waals surface area contributed by atoms with Gasteiger partial charge in [-0.05, 0) is 77.3 Å². The van der Waals surface area contributed by atoms with Crippen LogP contribution in [0.3, 0.4) is 0 Å². The molecule has 0 amide bonds. The second-order valence-electron chi connectivity index (χ2n) is 15.5. The van der Waals surface area contributed by atoms with Gasteiger partial charge < -0.3 is 0 Å². The quantitative estimate of drug-likeness (QED) is 0.153. The molecule has 11 rings (SSSR count). The second kappa shape index (κ2) is 13.5. The zero-order chi connectivity index (χ0) is 37.9. The van der Waals surface area contributed by atoms with Gasteiger partial charge in [0.25, 0.3) is 0 Å². The van der Waals surface area contributed by atoms with Gasteiger partial charge in [-0.25, -0.2) is 29.9 Å². The lowest BCUT2D eigenvalue weighted by Gasteiger charge is -2.73. The number of nitriles is 1. The first kappa shape index (κ1) is 33.2. The van der Waals surface area contributed by atoms with E-state index in [1.165, 1.54) is 18.4 Å². The molecule has 270 valence electrons. The number of benzene rings is 6. The van der Waals surface area contributed by atoms with Gasteiger partial charge in [-0.3, -0.25) is 0 Å². The predicted octanol–water partition coefficient (Wildman–Crippen LogP) is 11.0. The summed E-state index contributed by atoms with van der Waals surface area (Å²) in [5.74, 6) is 8.06. The summed E-state index contributed by atoms with van der Waals surface area (Å²) in [6.45, 7) is 0. The Kier molecular flexibility index (Phi) is 7.88. The van der Waals surface area contributed by atoms with Crippen molar-refractivity contribution in [1.82, 2.24) is 29.9 Å². The van der Waals surface area contributed by atoms with Crippen LogP contribution in [0.4, 0.5) is 0 Å². The SMILES string of the molecule is N#Cc1cccc(-c2ccc(-c3nc(-c4ccccc4)nc(-c4cccc(-c5nc(-c6ccccc6)nc(-c6ccc(C7C8CC9CC7C98)cc6)n5)c4)n3)cc2)c1. The van der Waals surface area contributed by atoms with Crippen molar-refractivity contribution >= 4 is 0 Å². The van der Waals surface area contributed by atoms with Crippen molar-refractivity contribution in [3.8, 4) is 85.5 Å². The number of rotatable bonds is 8. The molecule has 0 N–H and O–H groups in total. The lowest BCUT2D eigenvalue weighted by molar-refractivity contribution is -0.214. The van der Waals surface area contributed by atoms with Crippen LogP contribution in [-0.4, -0.2) is 29.9 Å². The highest BCUT2D eigenvalue weighted by Crippen LogP contribution is 2.75. The van der Waals surface area contributed by atoms with Gasteiger partial charge in [-0.1, -0.05) is 140 Å². The highest BCUT2D eigenvalue weighted by Gasteiger charge is 2.67. The number of aromatic nitrogens is 6. The van der Waals surface area contributed by atoms with Gasteiger partial charge in [0.1, 0.15) is 0 Å². The Hall–Kier alpha value is -7.17. The van der Waals surface area contributed by atoms with Crippen LogP contribution in [0.15, 0.2) is 158 Å². The van der Waals surface area contributed by atoms with E-state index in [-0.39, 0.29) is 0 Å². The fraction of sp³-hybridized carbons (Fsp3) is 0.140. The van der Waals surface area contributed by atoms with Crippen LogP contribution < -0.4 is 0 Å². The summed E-state index contributed by atoms with van der Waals surface area (Å²) >= 11 is 0. The molecule has 2 unspecified atom stereocenters. The van der Waals surface area contributed by atoms with Crippen molar-refractivity contribution < 1.29 is 0 Å². The van der Waals surface area contributed by atoms with Crippen LogP contribution in [0.5, 0.6) is 0 Å². The maximum Gasteiger partial charge on any atom is 0.164 e. The summed E-state index contributed by atoms with van der Waals surface area (Å²) in [6.07, 6.45) is 2.83. The van der Waals surface area contributed by atoms with Crippen LogP contribution in [-0.2, 0) is 0 Å². The maximum atomic E-state index is 9.41. The Balaban J connectivity index is 0.970. The van der Waals surface area contributed by atoms with Crippen molar-refractivity contribution in [2.45, 2.75) is 18.8 Å². The molecule has 2 aromatic heterocycles. The molecule has 3 aliphatic carbocycles. The molecule has 0 spiro atoms. The van der Waals surface area contributed by atoms with Crippen LogP contribution in [0.25, 0.3) is 79.5 Å². The molecular weight excluding hydrogens is 699 g/mol. The number of hydrogen-bond acceptors (Lipinski definition) is 7. The Bertz CT molecular complexity index is 2820. The molecule has 3 saturated carbocycles. The molecule has 6 aromatic carbocycles. The lowest BCUT2D eigenvalue weighted by atomic mass is 9.31. The standard InChI is InChI=1S/C50H35N7/c51-29-30-9-7-14-37(25-30)31-17-21-35(22-18-31)47-52-45(33-10-3-1-4-11-33)54-49(56-47)38-15-8-16-39(26-38)50-55-46(34-12-5-2-6-13-34)53-48(57-50)36-23-19-32(20-24-36)43-41-27-40-28-42(43)44(40)41/h1-26,40-44H,27-28H2. The van der Waals surface area contributed by atoms with Crippen molar-refractivity contribution in [1.29, 1.82) is 5.26 Å². The Morgan fingerprint density at radius 2 is 0.789 bits per heavy atom. The fourth-order valence-electron chi connectivity index (χ4n) is 9.42. The second-order valence-corrected chi connectivity index (χ2v) is 15.5. The third-order valence-electron chi connectivity index (χ3n) is 12.3. The first-order chi connectivity index (χ1) is 28.1. The van der Waals surface area contributed by atoms with Crippen molar-refractivity contribution in [2.75, 3.05) is 0 Å². The summed E-state index contributed by atoms with van der Waals surface area (Å²) in [5, 5.41) is 9.41. The Morgan fingerprint density at radius 1 is 0.386 bits per heavy atom. The molecule has 8 aromatic rings. The minimum atomic E-state index is 0.544. The third-order valence-corrected chi connectivity index (χ3v) is 12.3. The molecule has 0 saturated heterocycles. The predicted molar refractivity (Wildman–Crippen MR) is 222 cm³/mol. The van der Waals surface area contributed by atoms with Crippen LogP contribution in [0.2, 0.25) is 0 Å². The summed E-state index contributed by atoms with van der Waals surface area (Å²) in [4.78, 5) is 30.1. The lowest BCUT2D eigenvalue weighted by Crippen LogP contribution is -2.65. The fourth-order valence-corrected chi connectivity index (χ4v) is 9.42. The average Bonchev–Trinajstić information content (AvgIpc) is 3.29. The van der Waals surface area contributed by atoms with Gasteiger partial charge >= 0.3 is 0 Å². The molecule has 0 aliphatic heterocycles. The number of hydrogen-bond donors (Lipinski definition) is 0. The van der Waals surface area contributed by atoms with Crippen molar-refractivity contribution in [3.63, 3.8) is 0 Å². The zero-order valence-corrected chi connectivity index (χ0v) is 30.9. The molecular formula is C50H35N7. The first-order valence-corrected chi connectivity index (χ1v) is 19.6. The average molecular weight is 734 g/mol. The summed E-state index contributed by atoms with van der Waals surface area (Å²) in [5.41, 5.74) is 9.37. The molecule has 3 aliphatic rings. The van der Waals surface area contributed by atoms with E-state index in [9.17, 15) is 5.26 Å². The van der Waals surface area contributed by atoms with E-state index in [1.54, 1.807) is 0 Å². The van der Waals surface area contributed by atoms with Crippen LogP contribution in [0.1, 0.15) is 29.9 Å². The van der Waals surface area contributed by atoms with Crippen LogP contribution >= 0.6 is 0 Å². The van der Waals surface area contributed by atoms with Gasteiger partial charge in [-0.2, -0.15) is 5.26 Å². The van der Waals surface area contributed by atoms with Gasteiger partial charge in [0.15, 0.2) is 34.9 Å². The minimum absolute atomic E-state index is 0.544. The highest BCUT2D eigenvalue weighted by atomic mass is 15.0. The smallest absolute Gasteiger partial charge is 0.164 e. The van der Waals surface area contributed by atoms with Gasteiger partial charge in [-0.15, -0.1) is 0 Å². The van der Waals surface area contributed by atoms with E-state index < -0.39 is 0 Å². The Labute approximate surface area is 330 Å². The molecule has 7 heteroatoms. The molecule has 7 nitrogen and oxygen atoms in total. The van der Waals surface area contributed by atoms with Crippen molar-refractivity contribution in [3.05, 3.63) is 169 Å². The number of nitrogens with zero attached hydrogens (tertiary/aromatic N) is 7. The summed E-state index contributed by atoms with van der Waals surface area (Å²) in [7, 11) is 0. The topological polar surface area (TPSA) is 101 Å². The van der Waals surface area contributed by atoms with Gasteiger partial charge in [0.2, 0.25) is 0 Å². The molecule has 0 radical (unpaired) electrons. The molecule has 3 fully saturated rings. The van der Waals surface area contributed by atoms with Gasteiger partial charge in [0, 0.05) is 33.4 Å². The normalized spacial score (nSPS) is 19.9. The largest absolute Gasteiger partial charge is 0.208 e. The minimum Gasteiger partial charge on any atom is -0.208 e. The molecule has 2 heterocycles. The molecule has 2 atom stereocenters. The van der Waals surface area contributed by atoms with E-state index in [0.29, 0.717) is 40.5 Å². The van der Waals surface area contributed by atoms with Crippen molar-refractivity contribution in [2.24, 2.45) is 23.7 Å². The first-order valence-electron chi connectivity index (χ1n) is 19.6. The van der Waals surface area contributed by atoms with E-state index in [2.05, 4.69) is 30.3 Å². The van der Waals surface area contributed by atoms with Crippen LogP contribution in [0, 0.1) is 35.0 Å². The Morgan fingerprint density at radius 3 is 1.26 bits per heavy atom. The maximum absolute atomic E-state index is 9.41. The molecule has 57 heavy (non-hydrogen) atoms. The third kappa shape index (κ3) is 5.89. The highest BCUT2D eigenvalue weighted by molar-refractivity contribution is 5.74. The van der Waals surface area contributed by atoms with E-state index >= 15 is 0 Å². The monoisotopic (exact) mass is 733 g/mol. The summed E-state index contributed by atoms with van der Waals surface area (Å²) in [6, 6.07) is 55.1. The van der Waals surface area contributed by atoms with E-state index in [1.807, 2.05) is 133 Å². The van der Waals surface area contributed by atoms with E-state index in [4.69, 9.17) is 29.9 Å². The summed E-state index contributed by atoms with van der Waals surface area (Å²) < 4.78 is 0. The molecule has 0 bridgehead atoms. The van der Waals surface area contributed by atoms with E-state index in [0.717, 1.165) is 74.1 Å².